The van der Waals surface area contributed by atoms with Crippen LogP contribution in [0.2, 0.25) is 0 Å². The molecule has 0 aromatic rings. The lowest BCUT2D eigenvalue weighted by Gasteiger charge is -2.20. The second kappa shape index (κ2) is 9.27. The Labute approximate surface area is 120 Å². The molecule has 0 amide bonds. The highest BCUT2D eigenvalue weighted by atomic mass is 16.5. The van der Waals surface area contributed by atoms with Gasteiger partial charge in [-0.3, -0.25) is 9.59 Å². The van der Waals surface area contributed by atoms with E-state index < -0.39 is 49.1 Å². The molecule has 0 saturated carbocycles. The zero-order valence-corrected chi connectivity index (χ0v) is 11.4. The third kappa shape index (κ3) is 8.23. The van der Waals surface area contributed by atoms with Gasteiger partial charge in [0.25, 0.3) is 0 Å². The zero-order chi connectivity index (χ0) is 16.5. The molecule has 0 radical (unpaired) electrons. The summed E-state index contributed by atoms with van der Waals surface area (Å²) in [7, 11) is 0. The number of rotatable bonds is 11. The number of aliphatic hydroxyl groups excluding tert-OH is 2. The summed E-state index contributed by atoms with van der Waals surface area (Å²) < 4.78 is 4.59. The number of carbonyl (C=O) groups is 3. The average Bonchev–Trinajstić information content (AvgIpc) is 2.35. The first kappa shape index (κ1) is 19.3. The van der Waals surface area contributed by atoms with Crippen LogP contribution in [-0.2, 0) is 19.1 Å². The fourth-order valence-corrected chi connectivity index (χ4v) is 1.52. The van der Waals surface area contributed by atoms with Gasteiger partial charge in [0.1, 0.15) is 6.61 Å². The predicted octanol–water partition coefficient (Wildman–Crippen LogP) is -1.27. The van der Waals surface area contributed by atoms with Gasteiger partial charge in [0.2, 0.25) is 0 Å². The van der Waals surface area contributed by atoms with Crippen molar-refractivity contribution in [1.82, 2.24) is 0 Å². The van der Waals surface area contributed by atoms with Crippen LogP contribution in [0, 0.1) is 0 Å². The predicted molar refractivity (Wildman–Crippen MR) is 67.4 cm³/mol. The Hall–Kier alpha value is -1.71. The molecule has 0 aliphatic carbocycles. The minimum Gasteiger partial charge on any atom is -0.481 e. The molecule has 0 bridgehead atoms. The number of hydrogen-bond acceptors (Lipinski definition) is 7. The highest BCUT2D eigenvalue weighted by molar-refractivity contribution is 5.88. The van der Waals surface area contributed by atoms with Crippen LogP contribution in [0.25, 0.3) is 0 Å². The maximum Gasteiger partial charge on any atom is 0.336 e. The normalized spacial score (nSPS) is 15.0. The molecule has 0 aliphatic rings. The second-order valence-corrected chi connectivity index (χ2v) is 4.64. The number of ether oxygens (including phenoxy) is 1. The standard InChI is InChI=1S/C12H20O9/c13-4-2-1-3-8(14)7-21-10(17)6-12(20,11(18)19)5-9(15)16/h8,13-14,20H,1-7H2,(H,15,16)(H,18,19). The van der Waals surface area contributed by atoms with Crippen LogP contribution >= 0.6 is 0 Å². The first-order valence-corrected chi connectivity index (χ1v) is 6.33. The third-order valence-corrected chi connectivity index (χ3v) is 2.66. The fraction of sp³-hybridized carbons (Fsp3) is 0.750. The van der Waals surface area contributed by atoms with E-state index in [9.17, 15) is 24.6 Å². The molecule has 122 valence electrons. The van der Waals surface area contributed by atoms with Gasteiger partial charge in [-0.1, -0.05) is 0 Å². The number of aliphatic hydroxyl groups is 3. The lowest BCUT2D eigenvalue weighted by molar-refractivity contribution is -0.172. The molecule has 0 aliphatic heterocycles. The average molecular weight is 308 g/mol. The summed E-state index contributed by atoms with van der Waals surface area (Å²) in [5, 5.41) is 44.9. The van der Waals surface area contributed by atoms with E-state index in [0.29, 0.717) is 12.8 Å². The van der Waals surface area contributed by atoms with Crippen LogP contribution in [0.3, 0.4) is 0 Å². The third-order valence-electron chi connectivity index (χ3n) is 2.66. The highest BCUT2D eigenvalue weighted by Crippen LogP contribution is 2.17. The van der Waals surface area contributed by atoms with Gasteiger partial charge in [0.05, 0.1) is 18.9 Å². The molecule has 0 fully saturated rings. The van der Waals surface area contributed by atoms with Crippen molar-refractivity contribution in [3.63, 3.8) is 0 Å². The molecule has 9 heteroatoms. The van der Waals surface area contributed by atoms with Crippen LogP contribution in [0.1, 0.15) is 32.1 Å². The molecule has 0 saturated heterocycles. The summed E-state index contributed by atoms with van der Waals surface area (Å²) in [4.78, 5) is 32.7. The molecule has 5 N–H and O–H groups in total. The van der Waals surface area contributed by atoms with E-state index in [0.717, 1.165) is 0 Å². The Balaban J connectivity index is 4.27. The number of aliphatic carboxylic acids is 2. The van der Waals surface area contributed by atoms with E-state index in [-0.39, 0.29) is 13.0 Å². The van der Waals surface area contributed by atoms with E-state index in [1.807, 2.05) is 0 Å². The molecular weight excluding hydrogens is 288 g/mol. The Morgan fingerprint density at radius 2 is 1.71 bits per heavy atom. The van der Waals surface area contributed by atoms with Crippen LogP contribution in [-0.4, -0.2) is 68.4 Å². The van der Waals surface area contributed by atoms with E-state index in [1.165, 1.54) is 0 Å². The Bertz CT molecular complexity index is 368. The van der Waals surface area contributed by atoms with Crippen molar-refractivity contribution >= 4 is 17.9 Å². The molecule has 0 aromatic carbocycles. The molecule has 0 spiro atoms. The van der Waals surface area contributed by atoms with E-state index in [1.54, 1.807) is 0 Å². The van der Waals surface area contributed by atoms with Crippen molar-refractivity contribution < 1.29 is 44.7 Å². The van der Waals surface area contributed by atoms with E-state index in [2.05, 4.69) is 4.74 Å². The lowest BCUT2D eigenvalue weighted by atomic mass is 9.96. The Kier molecular flexibility index (Phi) is 8.51. The van der Waals surface area contributed by atoms with Crippen LogP contribution in [0.4, 0.5) is 0 Å². The van der Waals surface area contributed by atoms with Gasteiger partial charge in [0.15, 0.2) is 5.60 Å². The van der Waals surface area contributed by atoms with Gasteiger partial charge in [0, 0.05) is 6.61 Å². The number of carbonyl (C=O) groups excluding carboxylic acids is 1. The molecule has 0 rings (SSSR count). The van der Waals surface area contributed by atoms with Gasteiger partial charge in [-0.15, -0.1) is 0 Å². The summed E-state index contributed by atoms with van der Waals surface area (Å²) in [6.45, 7) is -0.416. The maximum absolute atomic E-state index is 11.4. The van der Waals surface area contributed by atoms with E-state index in [4.69, 9.17) is 15.3 Å². The van der Waals surface area contributed by atoms with Crippen molar-refractivity contribution in [2.75, 3.05) is 13.2 Å². The van der Waals surface area contributed by atoms with Crippen molar-refractivity contribution in [1.29, 1.82) is 0 Å². The number of carboxylic acids is 2. The largest absolute Gasteiger partial charge is 0.481 e. The summed E-state index contributed by atoms with van der Waals surface area (Å²) in [6, 6.07) is 0. The minimum atomic E-state index is -2.75. The van der Waals surface area contributed by atoms with Gasteiger partial charge < -0.3 is 30.3 Å². The van der Waals surface area contributed by atoms with Crippen molar-refractivity contribution in [2.45, 2.75) is 43.8 Å². The maximum atomic E-state index is 11.4. The molecule has 2 atom stereocenters. The highest BCUT2D eigenvalue weighted by Gasteiger charge is 2.41. The van der Waals surface area contributed by atoms with E-state index >= 15 is 0 Å². The summed E-state index contributed by atoms with van der Waals surface area (Å²) in [5.41, 5.74) is -2.75. The molecule has 0 heterocycles. The summed E-state index contributed by atoms with van der Waals surface area (Å²) in [5.74, 6) is -4.54. The smallest absolute Gasteiger partial charge is 0.336 e. The molecule has 9 nitrogen and oxygen atoms in total. The van der Waals surface area contributed by atoms with Gasteiger partial charge >= 0.3 is 17.9 Å². The number of unbranched alkanes of at least 4 members (excludes halogenated alkanes) is 1. The number of esters is 1. The molecule has 21 heavy (non-hydrogen) atoms. The lowest BCUT2D eigenvalue weighted by Crippen LogP contribution is -2.43. The summed E-state index contributed by atoms with van der Waals surface area (Å²) >= 11 is 0. The number of hydrogen-bond donors (Lipinski definition) is 5. The quantitative estimate of drug-likeness (QED) is 0.231. The van der Waals surface area contributed by atoms with Crippen molar-refractivity contribution in [2.24, 2.45) is 0 Å². The first-order valence-electron chi connectivity index (χ1n) is 6.33. The Morgan fingerprint density at radius 1 is 1.10 bits per heavy atom. The van der Waals surface area contributed by atoms with Crippen LogP contribution < -0.4 is 0 Å². The minimum absolute atomic E-state index is 0.0205. The van der Waals surface area contributed by atoms with Crippen LogP contribution in [0.5, 0.6) is 0 Å². The molecular formula is C12H20O9. The number of carboxylic acid groups (broad SMARTS) is 2. The van der Waals surface area contributed by atoms with Gasteiger partial charge in [-0.2, -0.15) is 0 Å². The SMILES string of the molecule is O=C(O)CC(O)(CC(=O)OCC(O)CCCCO)C(=O)O. The first-order chi connectivity index (χ1) is 9.71. The van der Waals surface area contributed by atoms with Crippen molar-refractivity contribution in [3.05, 3.63) is 0 Å². The molecule has 0 aromatic heterocycles. The van der Waals surface area contributed by atoms with Gasteiger partial charge in [-0.25, -0.2) is 4.79 Å². The second-order valence-electron chi connectivity index (χ2n) is 4.64. The fourth-order valence-electron chi connectivity index (χ4n) is 1.52. The zero-order valence-electron chi connectivity index (χ0n) is 11.4. The van der Waals surface area contributed by atoms with Gasteiger partial charge in [-0.05, 0) is 19.3 Å². The topological polar surface area (TPSA) is 162 Å². The van der Waals surface area contributed by atoms with Crippen molar-refractivity contribution in [3.8, 4) is 0 Å². The summed E-state index contributed by atoms with van der Waals surface area (Å²) in [6.07, 6.45) is -1.85. The van der Waals surface area contributed by atoms with Crippen LogP contribution in [0.15, 0.2) is 0 Å². The Morgan fingerprint density at radius 3 is 2.19 bits per heavy atom. The molecule has 2 unspecified atom stereocenters. The monoisotopic (exact) mass is 308 g/mol.